The quantitative estimate of drug-likeness (QED) is 0.0589. The molecule has 48 heavy (non-hydrogen) atoms. The van der Waals surface area contributed by atoms with E-state index in [0.29, 0.717) is 0 Å². The summed E-state index contributed by atoms with van der Waals surface area (Å²) in [6.07, 6.45) is 0.655. The van der Waals surface area contributed by atoms with Gasteiger partial charge in [-0.1, -0.05) is 23.2 Å². The van der Waals surface area contributed by atoms with Gasteiger partial charge < -0.3 is 45.0 Å². The largest absolute Gasteiger partial charge is 0.382 e. The van der Waals surface area contributed by atoms with Crippen LogP contribution in [0.2, 0.25) is 10.3 Å². The second kappa shape index (κ2) is 17.0. The fourth-order valence-corrected chi connectivity index (χ4v) is 3.66. The highest BCUT2D eigenvalue weighted by atomic mass is 35.5. The molecular formula is C24H30Cl2N18O4. The predicted octanol–water partition coefficient (Wildman–Crippen LogP) is -1.38. The molecule has 0 bridgehead atoms. The first-order chi connectivity index (χ1) is 22.7. The molecule has 3 rings (SSSR count). The van der Waals surface area contributed by atoms with Crippen LogP contribution < -0.4 is 55.7 Å². The lowest BCUT2D eigenvalue weighted by Crippen LogP contribution is -2.38. The first-order valence-corrected chi connectivity index (χ1v) is 14.3. The maximum atomic E-state index is 12.3. The van der Waals surface area contributed by atoms with Crippen molar-refractivity contribution in [3.63, 3.8) is 0 Å². The van der Waals surface area contributed by atoms with Gasteiger partial charge in [0.2, 0.25) is 11.8 Å². The van der Waals surface area contributed by atoms with Crippen molar-refractivity contribution >= 4 is 93.7 Å². The van der Waals surface area contributed by atoms with Crippen molar-refractivity contribution in [1.82, 2.24) is 40.8 Å². The van der Waals surface area contributed by atoms with Gasteiger partial charge >= 0.3 is 0 Å². The van der Waals surface area contributed by atoms with Crippen molar-refractivity contribution in [2.24, 2.45) is 21.5 Å². The minimum absolute atomic E-state index is 0.0471. The van der Waals surface area contributed by atoms with Gasteiger partial charge in [0.05, 0.1) is 0 Å². The maximum Gasteiger partial charge on any atom is 0.280 e. The van der Waals surface area contributed by atoms with E-state index in [1.54, 1.807) is 0 Å². The molecule has 16 N–H and O–H groups in total. The summed E-state index contributed by atoms with van der Waals surface area (Å²) in [5.74, 6) is -3.26. The summed E-state index contributed by atoms with van der Waals surface area (Å²) in [6.45, 7) is 0.214. The lowest BCUT2D eigenvalue weighted by molar-refractivity contribution is -0.117. The Kier molecular flexibility index (Phi) is 12.8. The maximum absolute atomic E-state index is 12.3. The highest BCUT2D eigenvalue weighted by molar-refractivity contribution is 6.32. The van der Waals surface area contributed by atoms with Crippen LogP contribution >= 0.6 is 23.2 Å². The third-order valence-electron chi connectivity index (χ3n) is 5.61. The molecular weight excluding hydrogens is 675 g/mol. The van der Waals surface area contributed by atoms with Gasteiger partial charge in [-0.25, -0.2) is 19.9 Å². The Labute approximate surface area is 280 Å². The van der Waals surface area contributed by atoms with E-state index in [4.69, 9.17) is 57.6 Å². The average molecular weight is 706 g/mol. The van der Waals surface area contributed by atoms with Crippen LogP contribution in [-0.2, 0) is 9.59 Å². The lowest BCUT2D eigenvalue weighted by atomic mass is 10.3. The zero-order chi connectivity index (χ0) is 35.4. The van der Waals surface area contributed by atoms with Crippen LogP contribution in [0.15, 0.2) is 22.1 Å². The van der Waals surface area contributed by atoms with Crippen molar-refractivity contribution in [2.45, 2.75) is 25.7 Å². The zero-order valence-electron chi connectivity index (χ0n) is 24.8. The Bertz CT molecular complexity index is 1630. The molecule has 0 aromatic carbocycles. The summed E-state index contributed by atoms with van der Waals surface area (Å²) >= 11 is 11.5. The minimum Gasteiger partial charge on any atom is -0.382 e. The van der Waals surface area contributed by atoms with Crippen LogP contribution in [0.4, 0.5) is 34.9 Å². The molecule has 0 atom stereocenters. The van der Waals surface area contributed by atoms with Crippen molar-refractivity contribution in [1.29, 1.82) is 0 Å². The molecule has 0 saturated carbocycles. The van der Waals surface area contributed by atoms with E-state index in [9.17, 15) is 19.2 Å². The number of guanidine groups is 2. The standard InChI is InChI=1S/C24H30Cl2N18O4/c25-15-19(29)39-17(27)13(37-15)21(47)41-23(31)33-7-1-3-11(45)35-9-5-6-10(44-43-9)36-12(46)4-2-8-34-24(32)42-22(48)14-18(28)40-20(30)16(26)38-14/h5-6H,1-4,7-8H2,(H4,27,29,39)(H4,28,30,40)(H,35,43,45)(H,36,44,46)(H3,31,33,41,47)(H3,32,34,42,48). The van der Waals surface area contributed by atoms with E-state index in [2.05, 4.69) is 61.4 Å². The fourth-order valence-electron chi connectivity index (χ4n) is 3.40. The van der Waals surface area contributed by atoms with Gasteiger partial charge in [0.15, 0.2) is 68.5 Å². The number of aliphatic imine (C=N–C) groups is 2. The van der Waals surface area contributed by atoms with Crippen molar-refractivity contribution in [2.75, 3.05) is 46.7 Å². The van der Waals surface area contributed by atoms with Crippen LogP contribution in [0.25, 0.3) is 0 Å². The van der Waals surface area contributed by atoms with Crippen molar-refractivity contribution in [3.05, 3.63) is 33.8 Å². The number of carbonyl (C=O) groups is 4. The highest BCUT2D eigenvalue weighted by Gasteiger charge is 2.18. The van der Waals surface area contributed by atoms with Crippen molar-refractivity contribution < 1.29 is 19.2 Å². The molecule has 0 radical (unpaired) electrons. The van der Waals surface area contributed by atoms with Gasteiger partial charge in [0, 0.05) is 25.9 Å². The van der Waals surface area contributed by atoms with E-state index < -0.39 is 11.8 Å². The lowest BCUT2D eigenvalue weighted by Gasteiger charge is -2.08. The molecule has 24 heteroatoms. The molecule has 22 nitrogen and oxygen atoms in total. The number of aromatic nitrogens is 6. The molecule has 0 unspecified atom stereocenters. The number of nitrogens with two attached hydrogens (primary N) is 6. The third kappa shape index (κ3) is 11.0. The summed E-state index contributed by atoms with van der Waals surface area (Å²) < 4.78 is 0. The fraction of sp³-hybridized carbons (Fsp3) is 0.250. The van der Waals surface area contributed by atoms with Gasteiger partial charge in [0.25, 0.3) is 11.8 Å². The van der Waals surface area contributed by atoms with Gasteiger partial charge in [-0.05, 0) is 25.0 Å². The molecule has 0 aliphatic carbocycles. The Morgan fingerprint density at radius 3 is 1.35 bits per heavy atom. The van der Waals surface area contributed by atoms with E-state index in [1.165, 1.54) is 12.1 Å². The molecule has 3 heterocycles. The first-order valence-electron chi connectivity index (χ1n) is 13.6. The summed E-state index contributed by atoms with van der Waals surface area (Å²) in [7, 11) is 0. The highest BCUT2D eigenvalue weighted by Crippen LogP contribution is 2.18. The number of nitrogen functional groups attached to an aromatic ring is 4. The number of anilines is 6. The van der Waals surface area contributed by atoms with Gasteiger partial charge in [-0.15, -0.1) is 10.2 Å². The Morgan fingerprint density at radius 2 is 1.00 bits per heavy atom. The number of hydrogen-bond donors (Lipinski definition) is 10. The Hall–Kier alpha value is -6.16. The summed E-state index contributed by atoms with van der Waals surface area (Å²) in [4.78, 5) is 71.8. The molecule has 4 amide bonds. The smallest absolute Gasteiger partial charge is 0.280 e. The molecule has 0 spiro atoms. The molecule has 254 valence electrons. The normalized spacial score (nSPS) is 11.5. The number of carbonyl (C=O) groups excluding carboxylic acids is 4. The molecule has 3 aromatic heterocycles. The van der Waals surface area contributed by atoms with Crippen LogP contribution in [0.1, 0.15) is 46.7 Å². The molecule has 3 aromatic rings. The minimum atomic E-state index is -0.790. The summed E-state index contributed by atoms with van der Waals surface area (Å²) in [5, 5.41) is 17.0. The van der Waals surface area contributed by atoms with Crippen LogP contribution in [-0.4, -0.2) is 78.8 Å². The molecule has 0 aliphatic heterocycles. The molecule has 0 fully saturated rings. The predicted molar refractivity (Wildman–Crippen MR) is 177 cm³/mol. The molecule has 0 saturated heterocycles. The SMILES string of the molecule is NC(=NCCCC(=O)Nc1ccc(NC(=O)CCCN=C(N)NC(=O)c2nc(Cl)c(N)nc2N)nn1)NC(=O)c1nc(Cl)c(N)nc1N. The third-order valence-corrected chi connectivity index (χ3v) is 6.17. The Morgan fingerprint density at radius 1 is 0.625 bits per heavy atom. The number of hydrogen-bond acceptors (Lipinski definition) is 16. The zero-order valence-corrected chi connectivity index (χ0v) is 26.3. The van der Waals surface area contributed by atoms with E-state index in [-0.39, 0.29) is 119 Å². The second-order valence-corrected chi connectivity index (χ2v) is 10.0. The average Bonchev–Trinajstić information content (AvgIpc) is 3.02. The van der Waals surface area contributed by atoms with Gasteiger partial charge in [-0.2, -0.15) is 0 Å². The van der Waals surface area contributed by atoms with E-state index >= 15 is 0 Å². The summed E-state index contributed by atoms with van der Waals surface area (Å²) in [5.41, 5.74) is 33.0. The first kappa shape index (κ1) is 36.3. The van der Waals surface area contributed by atoms with Crippen LogP contribution in [0.5, 0.6) is 0 Å². The molecule has 0 aliphatic rings. The van der Waals surface area contributed by atoms with Crippen LogP contribution in [0.3, 0.4) is 0 Å². The Balaban J connectivity index is 1.34. The number of nitrogens with zero attached hydrogens (tertiary/aromatic N) is 8. The number of nitrogens with one attached hydrogen (secondary N) is 4. The van der Waals surface area contributed by atoms with Crippen molar-refractivity contribution in [3.8, 4) is 0 Å². The second-order valence-electron chi connectivity index (χ2n) is 9.32. The monoisotopic (exact) mass is 704 g/mol. The van der Waals surface area contributed by atoms with Gasteiger partial charge in [-0.3, -0.25) is 39.8 Å². The van der Waals surface area contributed by atoms with E-state index in [0.717, 1.165) is 0 Å². The number of rotatable bonds is 12. The number of halogens is 2. The van der Waals surface area contributed by atoms with E-state index in [1.807, 2.05) is 0 Å². The van der Waals surface area contributed by atoms with Crippen LogP contribution in [0, 0.1) is 0 Å². The topological polar surface area (TPSA) is 375 Å². The summed E-state index contributed by atoms with van der Waals surface area (Å²) in [6, 6.07) is 2.90. The van der Waals surface area contributed by atoms with Gasteiger partial charge in [0.1, 0.15) is 0 Å². The number of amides is 4.